The molecule has 0 spiro atoms. The van der Waals surface area contributed by atoms with Crippen molar-refractivity contribution in [2.24, 2.45) is 5.84 Å². The van der Waals surface area contributed by atoms with Crippen molar-refractivity contribution in [3.63, 3.8) is 0 Å². The van der Waals surface area contributed by atoms with Crippen molar-refractivity contribution in [2.75, 3.05) is 0 Å². The highest BCUT2D eigenvalue weighted by atomic mass is 15.3. The first-order valence-corrected chi connectivity index (χ1v) is 5.33. The van der Waals surface area contributed by atoms with Crippen molar-refractivity contribution in [2.45, 2.75) is 25.9 Å². The van der Waals surface area contributed by atoms with Crippen LogP contribution >= 0.6 is 0 Å². The van der Waals surface area contributed by atoms with E-state index in [9.17, 15) is 0 Å². The second-order valence-electron chi connectivity index (χ2n) is 3.61. The number of imidazole rings is 1. The van der Waals surface area contributed by atoms with E-state index in [2.05, 4.69) is 27.4 Å². The molecule has 6 nitrogen and oxygen atoms in total. The summed E-state index contributed by atoms with van der Waals surface area (Å²) in [6.07, 6.45) is 8.33. The molecule has 1 unspecified atom stereocenters. The van der Waals surface area contributed by atoms with Gasteiger partial charge in [-0.3, -0.25) is 10.5 Å². The number of nitrogens with one attached hydrogen (secondary N) is 2. The van der Waals surface area contributed by atoms with E-state index in [0.29, 0.717) is 0 Å². The Kier molecular flexibility index (Phi) is 3.33. The van der Waals surface area contributed by atoms with Gasteiger partial charge in [0.15, 0.2) is 0 Å². The standard InChI is InChI=1S/C10H16N6/c1-2-5-16-7-8(6-14-16)9(15-11)10-12-3-4-13-10/h3-4,6-7,9,15H,2,5,11H2,1H3,(H,12,13). The van der Waals surface area contributed by atoms with Crippen LogP contribution < -0.4 is 11.3 Å². The molecule has 2 heterocycles. The lowest BCUT2D eigenvalue weighted by Gasteiger charge is -2.10. The zero-order chi connectivity index (χ0) is 11.4. The zero-order valence-electron chi connectivity index (χ0n) is 9.22. The monoisotopic (exact) mass is 220 g/mol. The number of nitrogens with zero attached hydrogens (tertiary/aromatic N) is 3. The highest BCUT2D eigenvalue weighted by Gasteiger charge is 2.16. The summed E-state index contributed by atoms with van der Waals surface area (Å²) in [6, 6.07) is -0.138. The second kappa shape index (κ2) is 4.91. The third-order valence-corrected chi connectivity index (χ3v) is 2.40. The number of aromatic nitrogens is 4. The molecule has 0 aromatic carbocycles. The number of hydrogen-bond donors (Lipinski definition) is 3. The van der Waals surface area contributed by atoms with Crippen LogP contribution in [0, 0.1) is 0 Å². The fraction of sp³-hybridized carbons (Fsp3) is 0.400. The summed E-state index contributed by atoms with van der Waals surface area (Å²) in [5.41, 5.74) is 3.73. The number of hydrazine groups is 1. The predicted molar refractivity (Wildman–Crippen MR) is 60.3 cm³/mol. The lowest BCUT2D eigenvalue weighted by molar-refractivity contribution is 0.591. The first kappa shape index (κ1) is 10.8. The van der Waals surface area contributed by atoms with Gasteiger partial charge < -0.3 is 4.98 Å². The summed E-state index contributed by atoms with van der Waals surface area (Å²) in [6.45, 7) is 3.03. The molecule has 2 aromatic heterocycles. The van der Waals surface area contributed by atoms with Gasteiger partial charge in [0.1, 0.15) is 11.9 Å². The van der Waals surface area contributed by atoms with E-state index < -0.39 is 0 Å². The third-order valence-electron chi connectivity index (χ3n) is 2.40. The lowest BCUT2D eigenvalue weighted by Crippen LogP contribution is -2.29. The zero-order valence-corrected chi connectivity index (χ0v) is 9.22. The summed E-state index contributed by atoms with van der Waals surface area (Å²) >= 11 is 0. The van der Waals surface area contributed by atoms with Gasteiger partial charge in [0.05, 0.1) is 6.20 Å². The molecule has 4 N–H and O–H groups in total. The minimum Gasteiger partial charge on any atom is -0.347 e. The van der Waals surface area contributed by atoms with E-state index >= 15 is 0 Å². The molecule has 2 rings (SSSR count). The van der Waals surface area contributed by atoms with Gasteiger partial charge in [0.25, 0.3) is 0 Å². The first-order valence-electron chi connectivity index (χ1n) is 5.33. The van der Waals surface area contributed by atoms with Gasteiger partial charge in [-0.05, 0) is 6.42 Å². The summed E-state index contributed by atoms with van der Waals surface area (Å²) in [7, 11) is 0. The van der Waals surface area contributed by atoms with Crippen molar-refractivity contribution in [1.82, 2.24) is 25.2 Å². The van der Waals surface area contributed by atoms with Crippen LogP contribution in [-0.2, 0) is 6.54 Å². The molecule has 0 radical (unpaired) electrons. The van der Waals surface area contributed by atoms with E-state index in [-0.39, 0.29) is 6.04 Å². The number of H-pyrrole nitrogens is 1. The smallest absolute Gasteiger partial charge is 0.129 e. The highest BCUT2D eigenvalue weighted by Crippen LogP contribution is 2.16. The minimum absolute atomic E-state index is 0.138. The van der Waals surface area contributed by atoms with Gasteiger partial charge in [-0.2, -0.15) is 5.10 Å². The topological polar surface area (TPSA) is 84.5 Å². The molecule has 0 bridgehead atoms. The molecular formula is C10H16N6. The average Bonchev–Trinajstić information content (AvgIpc) is 2.92. The van der Waals surface area contributed by atoms with E-state index in [0.717, 1.165) is 24.4 Å². The largest absolute Gasteiger partial charge is 0.347 e. The summed E-state index contributed by atoms with van der Waals surface area (Å²) in [5.74, 6) is 6.32. The Labute approximate surface area is 93.8 Å². The van der Waals surface area contributed by atoms with Gasteiger partial charge in [0, 0.05) is 30.7 Å². The minimum atomic E-state index is -0.138. The Hall–Kier alpha value is -1.66. The van der Waals surface area contributed by atoms with Crippen LogP contribution in [0.1, 0.15) is 30.8 Å². The van der Waals surface area contributed by atoms with Gasteiger partial charge in [-0.25, -0.2) is 10.4 Å². The second-order valence-corrected chi connectivity index (χ2v) is 3.61. The molecular weight excluding hydrogens is 204 g/mol. The van der Waals surface area contributed by atoms with Crippen LogP contribution in [0.5, 0.6) is 0 Å². The van der Waals surface area contributed by atoms with Crippen LogP contribution in [0.4, 0.5) is 0 Å². The van der Waals surface area contributed by atoms with E-state index in [1.165, 1.54) is 0 Å². The van der Waals surface area contributed by atoms with E-state index in [4.69, 9.17) is 5.84 Å². The molecule has 16 heavy (non-hydrogen) atoms. The van der Waals surface area contributed by atoms with Crippen LogP contribution in [0.3, 0.4) is 0 Å². The summed E-state index contributed by atoms with van der Waals surface area (Å²) in [5, 5.41) is 4.26. The van der Waals surface area contributed by atoms with E-state index in [1.807, 2.05) is 17.1 Å². The summed E-state index contributed by atoms with van der Waals surface area (Å²) < 4.78 is 1.91. The number of rotatable bonds is 5. The number of hydrogen-bond acceptors (Lipinski definition) is 4. The highest BCUT2D eigenvalue weighted by molar-refractivity contribution is 5.18. The van der Waals surface area contributed by atoms with Gasteiger partial charge in [-0.15, -0.1) is 0 Å². The molecule has 86 valence electrons. The maximum atomic E-state index is 5.53. The predicted octanol–water partition coefficient (Wildman–Crippen LogP) is 0.569. The Morgan fingerprint density at radius 3 is 3.12 bits per heavy atom. The molecule has 0 aliphatic carbocycles. The Morgan fingerprint density at radius 1 is 1.62 bits per heavy atom. The van der Waals surface area contributed by atoms with Gasteiger partial charge >= 0.3 is 0 Å². The van der Waals surface area contributed by atoms with Crippen LogP contribution in [-0.4, -0.2) is 19.7 Å². The molecule has 0 saturated carbocycles. The van der Waals surface area contributed by atoms with Crippen molar-refractivity contribution < 1.29 is 0 Å². The Balaban J connectivity index is 2.20. The molecule has 0 amide bonds. The fourth-order valence-electron chi connectivity index (χ4n) is 1.65. The molecule has 0 saturated heterocycles. The van der Waals surface area contributed by atoms with Crippen LogP contribution in [0.2, 0.25) is 0 Å². The number of aryl methyl sites for hydroxylation is 1. The van der Waals surface area contributed by atoms with E-state index in [1.54, 1.807) is 12.4 Å². The molecule has 0 fully saturated rings. The summed E-state index contributed by atoms with van der Waals surface area (Å²) in [4.78, 5) is 7.22. The quantitative estimate of drug-likeness (QED) is 0.508. The normalized spacial score (nSPS) is 12.9. The van der Waals surface area contributed by atoms with Crippen molar-refractivity contribution in [1.29, 1.82) is 0 Å². The molecule has 6 heteroatoms. The van der Waals surface area contributed by atoms with Crippen molar-refractivity contribution >= 4 is 0 Å². The molecule has 1 atom stereocenters. The number of nitrogens with two attached hydrogens (primary N) is 1. The number of aromatic amines is 1. The van der Waals surface area contributed by atoms with Crippen molar-refractivity contribution in [3.05, 3.63) is 36.2 Å². The molecule has 0 aliphatic rings. The molecule has 2 aromatic rings. The maximum absolute atomic E-state index is 5.53. The fourth-order valence-corrected chi connectivity index (χ4v) is 1.65. The van der Waals surface area contributed by atoms with Crippen LogP contribution in [0.25, 0.3) is 0 Å². The lowest BCUT2D eigenvalue weighted by atomic mass is 10.1. The first-order chi connectivity index (χ1) is 7.85. The Bertz CT molecular complexity index is 418. The van der Waals surface area contributed by atoms with Crippen LogP contribution in [0.15, 0.2) is 24.8 Å². The molecule has 0 aliphatic heterocycles. The van der Waals surface area contributed by atoms with Gasteiger partial charge in [0.2, 0.25) is 0 Å². The van der Waals surface area contributed by atoms with Gasteiger partial charge in [-0.1, -0.05) is 6.92 Å². The van der Waals surface area contributed by atoms with Crippen molar-refractivity contribution in [3.8, 4) is 0 Å². The third kappa shape index (κ3) is 2.12. The Morgan fingerprint density at radius 2 is 2.50 bits per heavy atom. The SMILES string of the molecule is CCCn1cc(C(NN)c2ncc[nH]2)cn1. The maximum Gasteiger partial charge on any atom is 0.129 e. The average molecular weight is 220 g/mol.